The Hall–Kier alpha value is -2.15. The van der Waals surface area contributed by atoms with Gasteiger partial charge in [0.15, 0.2) is 0 Å². The number of rotatable bonds is 4. The lowest BCUT2D eigenvalue weighted by Crippen LogP contribution is -2.48. The first kappa shape index (κ1) is 15.7. The van der Waals surface area contributed by atoms with Gasteiger partial charge in [-0.15, -0.1) is 0 Å². The zero-order valence-electron chi connectivity index (χ0n) is 13.8. The molecular formula is C16H22N4O3. The maximum absolute atomic E-state index is 12.4. The summed E-state index contributed by atoms with van der Waals surface area (Å²) in [7, 11) is 0. The molecule has 1 saturated heterocycles. The second kappa shape index (κ2) is 6.54. The Bertz CT molecular complexity index is 664. The first-order chi connectivity index (χ1) is 11.0. The third kappa shape index (κ3) is 3.61. The van der Waals surface area contributed by atoms with Crippen LogP contribution in [0, 0.1) is 20.8 Å². The summed E-state index contributed by atoms with van der Waals surface area (Å²) in [6.07, 6.45) is 0.365. The molecule has 2 aromatic rings. The van der Waals surface area contributed by atoms with Crippen LogP contribution in [-0.4, -0.2) is 52.2 Å². The number of aromatic nitrogens is 2. The van der Waals surface area contributed by atoms with Gasteiger partial charge in [0.2, 0.25) is 5.91 Å². The van der Waals surface area contributed by atoms with Gasteiger partial charge in [0.05, 0.1) is 17.8 Å². The number of piperazine rings is 1. The number of aryl methyl sites for hydroxylation is 3. The van der Waals surface area contributed by atoms with Crippen LogP contribution in [0.4, 0.5) is 0 Å². The molecule has 0 aromatic carbocycles. The number of carbonyl (C=O) groups is 1. The molecule has 1 amide bonds. The number of nitrogens with zero attached hydrogens (tertiary/aromatic N) is 4. The minimum atomic E-state index is 0.135. The van der Waals surface area contributed by atoms with Crippen LogP contribution < -0.4 is 0 Å². The molecule has 0 saturated carbocycles. The van der Waals surface area contributed by atoms with Crippen LogP contribution in [-0.2, 0) is 17.8 Å². The lowest BCUT2D eigenvalue weighted by Gasteiger charge is -2.34. The van der Waals surface area contributed by atoms with Crippen molar-refractivity contribution in [2.75, 3.05) is 26.2 Å². The zero-order valence-corrected chi connectivity index (χ0v) is 13.8. The molecule has 2 aromatic heterocycles. The Morgan fingerprint density at radius 2 is 1.87 bits per heavy atom. The Morgan fingerprint density at radius 3 is 2.43 bits per heavy atom. The molecule has 3 rings (SSSR count). The number of hydrogen-bond acceptors (Lipinski definition) is 6. The summed E-state index contributed by atoms with van der Waals surface area (Å²) < 4.78 is 10.2. The topological polar surface area (TPSA) is 75.6 Å². The van der Waals surface area contributed by atoms with E-state index in [4.69, 9.17) is 9.05 Å². The molecule has 0 atom stereocenters. The smallest absolute Gasteiger partial charge is 0.227 e. The molecule has 0 spiro atoms. The molecule has 1 aliphatic rings. The maximum Gasteiger partial charge on any atom is 0.227 e. The van der Waals surface area contributed by atoms with Crippen LogP contribution in [0.25, 0.3) is 0 Å². The summed E-state index contributed by atoms with van der Waals surface area (Å²) in [6.45, 7) is 9.54. The van der Waals surface area contributed by atoms with Gasteiger partial charge >= 0.3 is 0 Å². The highest BCUT2D eigenvalue weighted by Gasteiger charge is 2.23. The standard InChI is InChI=1S/C16H22N4O3/c1-11-8-14(18-22-11)10-19-4-6-20(7-5-19)16(21)9-15-12(2)17-23-13(15)3/h8H,4-7,9-10H2,1-3H3. The van der Waals surface area contributed by atoms with Crippen LogP contribution >= 0.6 is 0 Å². The van der Waals surface area contributed by atoms with Crippen molar-refractivity contribution in [1.29, 1.82) is 0 Å². The Labute approximate surface area is 135 Å². The lowest BCUT2D eigenvalue weighted by molar-refractivity contribution is -0.132. The van der Waals surface area contributed by atoms with E-state index in [0.717, 1.165) is 61.2 Å². The first-order valence-corrected chi connectivity index (χ1v) is 7.87. The van der Waals surface area contributed by atoms with E-state index < -0.39 is 0 Å². The van der Waals surface area contributed by atoms with E-state index in [9.17, 15) is 4.79 Å². The van der Waals surface area contributed by atoms with Gasteiger partial charge in [-0.1, -0.05) is 10.3 Å². The molecule has 1 aliphatic heterocycles. The molecule has 7 heteroatoms. The molecule has 23 heavy (non-hydrogen) atoms. The number of amides is 1. The fourth-order valence-electron chi connectivity index (χ4n) is 2.89. The van der Waals surface area contributed by atoms with Crippen molar-refractivity contribution in [3.8, 4) is 0 Å². The third-order valence-corrected chi connectivity index (χ3v) is 4.30. The van der Waals surface area contributed by atoms with Crippen molar-refractivity contribution >= 4 is 5.91 Å². The monoisotopic (exact) mass is 318 g/mol. The fourth-order valence-corrected chi connectivity index (χ4v) is 2.89. The largest absolute Gasteiger partial charge is 0.361 e. The van der Waals surface area contributed by atoms with E-state index >= 15 is 0 Å². The molecule has 124 valence electrons. The summed E-state index contributed by atoms with van der Waals surface area (Å²) >= 11 is 0. The number of carbonyl (C=O) groups excluding carboxylic acids is 1. The minimum absolute atomic E-state index is 0.135. The minimum Gasteiger partial charge on any atom is -0.361 e. The molecule has 0 N–H and O–H groups in total. The molecule has 0 aliphatic carbocycles. The van der Waals surface area contributed by atoms with Crippen LogP contribution in [0.2, 0.25) is 0 Å². The van der Waals surface area contributed by atoms with E-state index in [0.29, 0.717) is 6.42 Å². The third-order valence-electron chi connectivity index (χ3n) is 4.30. The Kier molecular flexibility index (Phi) is 4.47. The summed E-state index contributed by atoms with van der Waals surface area (Å²) in [4.78, 5) is 16.7. The van der Waals surface area contributed by atoms with Gasteiger partial charge in [-0.3, -0.25) is 9.69 Å². The highest BCUT2D eigenvalue weighted by molar-refractivity contribution is 5.79. The van der Waals surface area contributed by atoms with E-state index in [2.05, 4.69) is 15.2 Å². The van der Waals surface area contributed by atoms with Crippen molar-refractivity contribution in [3.63, 3.8) is 0 Å². The van der Waals surface area contributed by atoms with Crippen molar-refractivity contribution < 1.29 is 13.8 Å². The highest BCUT2D eigenvalue weighted by atomic mass is 16.5. The molecule has 1 fully saturated rings. The van der Waals surface area contributed by atoms with Crippen LogP contribution in [0.5, 0.6) is 0 Å². The van der Waals surface area contributed by atoms with Gasteiger partial charge < -0.3 is 13.9 Å². The normalized spacial score (nSPS) is 16.0. The SMILES string of the molecule is Cc1cc(CN2CCN(C(=O)Cc3c(C)noc3C)CC2)no1. The molecular weight excluding hydrogens is 296 g/mol. The van der Waals surface area contributed by atoms with E-state index in [1.165, 1.54) is 0 Å². The molecule has 0 radical (unpaired) electrons. The maximum atomic E-state index is 12.4. The fraction of sp³-hybridized carbons (Fsp3) is 0.562. The van der Waals surface area contributed by atoms with E-state index in [1.807, 2.05) is 31.7 Å². The van der Waals surface area contributed by atoms with Crippen LogP contribution in [0.1, 0.15) is 28.5 Å². The molecule has 0 bridgehead atoms. The Morgan fingerprint density at radius 1 is 1.13 bits per heavy atom. The Balaban J connectivity index is 1.51. The van der Waals surface area contributed by atoms with Crippen molar-refractivity contribution in [1.82, 2.24) is 20.1 Å². The average molecular weight is 318 g/mol. The van der Waals surface area contributed by atoms with Crippen LogP contribution in [0.3, 0.4) is 0 Å². The summed E-state index contributed by atoms with van der Waals surface area (Å²) in [6, 6.07) is 1.95. The van der Waals surface area contributed by atoms with Crippen molar-refractivity contribution in [2.24, 2.45) is 0 Å². The van der Waals surface area contributed by atoms with E-state index in [-0.39, 0.29) is 5.91 Å². The van der Waals surface area contributed by atoms with Crippen LogP contribution in [0.15, 0.2) is 15.1 Å². The average Bonchev–Trinajstić information content (AvgIpc) is 3.08. The predicted octanol–water partition coefficient (Wildman–Crippen LogP) is 1.47. The summed E-state index contributed by atoms with van der Waals surface area (Å²) in [5, 5.41) is 7.92. The zero-order chi connectivity index (χ0) is 16.4. The quantitative estimate of drug-likeness (QED) is 0.850. The van der Waals surface area contributed by atoms with Gasteiger partial charge in [0.1, 0.15) is 11.5 Å². The van der Waals surface area contributed by atoms with Gasteiger partial charge in [-0.05, 0) is 20.8 Å². The molecule has 3 heterocycles. The van der Waals surface area contributed by atoms with E-state index in [1.54, 1.807) is 0 Å². The predicted molar refractivity (Wildman–Crippen MR) is 82.8 cm³/mol. The second-order valence-electron chi connectivity index (χ2n) is 6.07. The van der Waals surface area contributed by atoms with Gasteiger partial charge in [0, 0.05) is 44.4 Å². The highest BCUT2D eigenvalue weighted by Crippen LogP contribution is 2.15. The lowest BCUT2D eigenvalue weighted by atomic mass is 10.1. The molecule has 7 nitrogen and oxygen atoms in total. The second-order valence-corrected chi connectivity index (χ2v) is 6.07. The summed E-state index contributed by atoms with van der Waals surface area (Å²) in [5.41, 5.74) is 2.66. The summed E-state index contributed by atoms with van der Waals surface area (Å²) in [5.74, 6) is 1.69. The van der Waals surface area contributed by atoms with Crippen molar-refractivity contribution in [3.05, 3.63) is 34.5 Å². The molecule has 0 unspecified atom stereocenters. The first-order valence-electron chi connectivity index (χ1n) is 7.87. The van der Waals surface area contributed by atoms with Gasteiger partial charge in [-0.2, -0.15) is 0 Å². The van der Waals surface area contributed by atoms with Gasteiger partial charge in [0.25, 0.3) is 0 Å². The number of hydrogen-bond donors (Lipinski definition) is 0. The van der Waals surface area contributed by atoms with Gasteiger partial charge in [-0.25, -0.2) is 0 Å². The van der Waals surface area contributed by atoms with Crippen molar-refractivity contribution in [2.45, 2.75) is 33.7 Å².